The Morgan fingerprint density at radius 2 is 2.22 bits per heavy atom. The Bertz CT molecular complexity index is 294. The van der Waals surface area contributed by atoms with Crippen LogP contribution in [0.4, 0.5) is 0 Å². The number of likely N-dealkylation sites (tertiary alicyclic amines) is 1. The second kappa shape index (κ2) is 7.36. The summed E-state index contributed by atoms with van der Waals surface area (Å²) in [5.41, 5.74) is 0. The van der Waals surface area contributed by atoms with E-state index in [1.807, 2.05) is 6.92 Å². The molecule has 104 valence electrons. The van der Waals surface area contributed by atoms with Gasteiger partial charge in [-0.25, -0.2) is 0 Å². The average molecular weight is 256 g/mol. The smallest absolute Gasteiger partial charge is 0.303 e. The first-order valence-electron chi connectivity index (χ1n) is 6.67. The van der Waals surface area contributed by atoms with Crippen LogP contribution in [0, 0.1) is 11.8 Å². The summed E-state index contributed by atoms with van der Waals surface area (Å²) in [6, 6.07) is 0. The van der Waals surface area contributed by atoms with Crippen LogP contribution in [0.2, 0.25) is 0 Å². The van der Waals surface area contributed by atoms with Crippen molar-refractivity contribution in [2.45, 2.75) is 33.1 Å². The van der Waals surface area contributed by atoms with Crippen LogP contribution in [0.3, 0.4) is 0 Å². The Hall–Kier alpha value is -1.10. The van der Waals surface area contributed by atoms with Gasteiger partial charge in [-0.3, -0.25) is 9.59 Å². The van der Waals surface area contributed by atoms with Crippen LogP contribution in [-0.2, 0) is 9.59 Å². The van der Waals surface area contributed by atoms with E-state index in [-0.39, 0.29) is 18.2 Å². The number of carbonyl (C=O) groups is 2. The summed E-state index contributed by atoms with van der Waals surface area (Å²) < 4.78 is 0. The molecule has 0 bridgehead atoms. The topological polar surface area (TPSA) is 69.6 Å². The van der Waals surface area contributed by atoms with Crippen molar-refractivity contribution in [1.29, 1.82) is 0 Å². The van der Waals surface area contributed by atoms with Gasteiger partial charge in [0.05, 0.1) is 0 Å². The lowest BCUT2D eigenvalue weighted by atomic mass is 9.85. The SMILES string of the molecule is CC(=O)NCCN1CCCC(C(C)CC(=O)O)C1. The zero-order valence-electron chi connectivity index (χ0n) is 11.3. The quantitative estimate of drug-likeness (QED) is 0.742. The van der Waals surface area contributed by atoms with Gasteiger partial charge in [0.1, 0.15) is 0 Å². The minimum absolute atomic E-state index is 0.00260. The highest BCUT2D eigenvalue weighted by atomic mass is 16.4. The molecule has 0 aromatic carbocycles. The molecule has 1 saturated heterocycles. The number of amides is 1. The monoisotopic (exact) mass is 256 g/mol. The molecule has 1 aliphatic rings. The lowest BCUT2D eigenvalue weighted by Gasteiger charge is -2.35. The Balaban J connectivity index is 2.31. The molecule has 2 N–H and O–H groups in total. The van der Waals surface area contributed by atoms with Gasteiger partial charge in [-0.2, -0.15) is 0 Å². The van der Waals surface area contributed by atoms with Crippen molar-refractivity contribution in [3.8, 4) is 0 Å². The number of hydrogen-bond acceptors (Lipinski definition) is 3. The summed E-state index contributed by atoms with van der Waals surface area (Å²) in [6.45, 7) is 7.08. The maximum atomic E-state index is 10.8. The molecule has 0 aromatic heterocycles. The van der Waals surface area contributed by atoms with E-state index in [0.29, 0.717) is 12.5 Å². The van der Waals surface area contributed by atoms with E-state index in [2.05, 4.69) is 10.2 Å². The zero-order chi connectivity index (χ0) is 13.5. The number of nitrogens with one attached hydrogen (secondary N) is 1. The van der Waals surface area contributed by atoms with E-state index in [0.717, 1.165) is 32.5 Å². The molecule has 0 aromatic rings. The van der Waals surface area contributed by atoms with E-state index in [9.17, 15) is 9.59 Å². The van der Waals surface area contributed by atoms with Gasteiger partial charge in [-0.15, -0.1) is 0 Å². The van der Waals surface area contributed by atoms with E-state index in [1.165, 1.54) is 6.92 Å². The van der Waals surface area contributed by atoms with Gasteiger partial charge in [0, 0.05) is 33.0 Å². The van der Waals surface area contributed by atoms with Gasteiger partial charge in [-0.1, -0.05) is 6.92 Å². The number of carboxylic acids is 1. The van der Waals surface area contributed by atoms with Crippen molar-refractivity contribution < 1.29 is 14.7 Å². The van der Waals surface area contributed by atoms with Crippen molar-refractivity contribution in [1.82, 2.24) is 10.2 Å². The Labute approximate surface area is 109 Å². The number of aliphatic carboxylic acids is 1. The molecule has 0 aliphatic carbocycles. The van der Waals surface area contributed by atoms with Gasteiger partial charge in [-0.05, 0) is 31.2 Å². The number of piperidine rings is 1. The minimum Gasteiger partial charge on any atom is -0.481 e. The van der Waals surface area contributed by atoms with Crippen molar-refractivity contribution in [3.63, 3.8) is 0 Å². The zero-order valence-corrected chi connectivity index (χ0v) is 11.3. The molecule has 2 atom stereocenters. The van der Waals surface area contributed by atoms with Crippen LogP contribution < -0.4 is 5.32 Å². The second-order valence-electron chi connectivity index (χ2n) is 5.26. The summed E-state index contributed by atoms with van der Waals surface area (Å²) in [6.07, 6.45) is 2.49. The first-order chi connectivity index (χ1) is 8.49. The number of carboxylic acid groups (broad SMARTS) is 1. The molecule has 2 unspecified atom stereocenters. The predicted octanol–water partition coefficient (Wildman–Crippen LogP) is 0.945. The number of rotatable bonds is 6. The molecule has 0 spiro atoms. The summed E-state index contributed by atoms with van der Waals surface area (Å²) in [4.78, 5) is 23.8. The van der Waals surface area contributed by atoms with Gasteiger partial charge >= 0.3 is 5.97 Å². The third kappa shape index (κ3) is 5.49. The van der Waals surface area contributed by atoms with Crippen LogP contribution in [-0.4, -0.2) is 48.1 Å². The van der Waals surface area contributed by atoms with Crippen LogP contribution in [0.25, 0.3) is 0 Å². The molecular weight excluding hydrogens is 232 g/mol. The highest BCUT2D eigenvalue weighted by Crippen LogP contribution is 2.25. The molecule has 1 rings (SSSR count). The first-order valence-corrected chi connectivity index (χ1v) is 6.67. The molecule has 0 saturated carbocycles. The molecule has 18 heavy (non-hydrogen) atoms. The fraction of sp³-hybridized carbons (Fsp3) is 0.846. The van der Waals surface area contributed by atoms with E-state index in [1.54, 1.807) is 0 Å². The second-order valence-corrected chi connectivity index (χ2v) is 5.26. The number of nitrogens with zero attached hydrogens (tertiary/aromatic N) is 1. The molecule has 5 nitrogen and oxygen atoms in total. The predicted molar refractivity (Wildman–Crippen MR) is 69.3 cm³/mol. The summed E-state index contributed by atoms with van der Waals surface area (Å²) in [5.74, 6) is -0.0149. The fourth-order valence-corrected chi connectivity index (χ4v) is 2.59. The standard InChI is InChI=1S/C13H24N2O3/c1-10(8-13(17)18)12-4-3-6-15(9-12)7-5-14-11(2)16/h10,12H,3-9H2,1-2H3,(H,14,16)(H,17,18). The lowest BCUT2D eigenvalue weighted by molar-refractivity contribution is -0.138. The van der Waals surface area contributed by atoms with Crippen LogP contribution in [0.15, 0.2) is 0 Å². The van der Waals surface area contributed by atoms with Crippen molar-refractivity contribution in [2.75, 3.05) is 26.2 Å². The molecule has 1 aliphatic heterocycles. The number of carbonyl (C=O) groups excluding carboxylic acids is 1. The third-order valence-corrected chi connectivity index (χ3v) is 3.65. The minimum atomic E-state index is -0.710. The lowest BCUT2D eigenvalue weighted by Crippen LogP contribution is -2.42. The first kappa shape index (κ1) is 15.0. The summed E-state index contributed by atoms with van der Waals surface area (Å²) in [7, 11) is 0. The maximum absolute atomic E-state index is 10.8. The van der Waals surface area contributed by atoms with Gasteiger partial charge in [0.2, 0.25) is 5.91 Å². The highest BCUT2D eigenvalue weighted by Gasteiger charge is 2.25. The van der Waals surface area contributed by atoms with E-state index in [4.69, 9.17) is 5.11 Å². The molecule has 0 radical (unpaired) electrons. The fourth-order valence-electron chi connectivity index (χ4n) is 2.59. The average Bonchev–Trinajstić information content (AvgIpc) is 2.28. The third-order valence-electron chi connectivity index (χ3n) is 3.65. The van der Waals surface area contributed by atoms with E-state index < -0.39 is 5.97 Å². The molecule has 1 heterocycles. The van der Waals surface area contributed by atoms with Crippen LogP contribution >= 0.6 is 0 Å². The van der Waals surface area contributed by atoms with Crippen LogP contribution in [0.5, 0.6) is 0 Å². The molecular formula is C13H24N2O3. The largest absolute Gasteiger partial charge is 0.481 e. The van der Waals surface area contributed by atoms with Crippen molar-refractivity contribution in [3.05, 3.63) is 0 Å². The van der Waals surface area contributed by atoms with Crippen molar-refractivity contribution >= 4 is 11.9 Å². The van der Waals surface area contributed by atoms with Gasteiger partial charge in [0.15, 0.2) is 0 Å². The van der Waals surface area contributed by atoms with Gasteiger partial charge in [0.25, 0.3) is 0 Å². The Kier molecular flexibility index (Phi) is 6.12. The van der Waals surface area contributed by atoms with Gasteiger partial charge < -0.3 is 15.3 Å². The molecule has 5 heteroatoms. The summed E-state index contributed by atoms with van der Waals surface area (Å²) >= 11 is 0. The Morgan fingerprint density at radius 3 is 2.83 bits per heavy atom. The van der Waals surface area contributed by atoms with E-state index >= 15 is 0 Å². The maximum Gasteiger partial charge on any atom is 0.303 e. The highest BCUT2D eigenvalue weighted by molar-refractivity contribution is 5.72. The Morgan fingerprint density at radius 1 is 1.50 bits per heavy atom. The molecule has 1 fully saturated rings. The summed E-state index contributed by atoms with van der Waals surface area (Å²) in [5, 5.41) is 11.6. The molecule has 1 amide bonds. The number of hydrogen-bond donors (Lipinski definition) is 2. The van der Waals surface area contributed by atoms with Crippen molar-refractivity contribution in [2.24, 2.45) is 11.8 Å². The normalized spacial score (nSPS) is 22.4. The van der Waals surface area contributed by atoms with Crippen LogP contribution in [0.1, 0.15) is 33.1 Å².